The maximum absolute atomic E-state index is 12.6. The average molecular weight is 554 g/mol. The minimum atomic E-state index is -5.57. The summed E-state index contributed by atoms with van der Waals surface area (Å²) in [4.78, 5) is 67.3. The maximum atomic E-state index is 12.6. The van der Waals surface area contributed by atoms with Gasteiger partial charge < -0.3 is 30.7 Å². The van der Waals surface area contributed by atoms with Gasteiger partial charge in [-0.05, 0) is 13.0 Å². The minimum absolute atomic E-state index is 0.114. The first-order chi connectivity index (χ1) is 16.6. The number of phosphoric acid groups is 1. The molecular formula is C18H26N3O13P2+. The molecule has 1 unspecified atom stereocenters. The molecule has 1 aromatic heterocycles. The number of benzene rings is 1. The number of aliphatic hydroxyl groups excluding tert-OH is 2. The van der Waals surface area contributed by atoms with Crippen molar-refractivity contribution in [3.05, 3.63) is 58.6 Å². The normalized spacial score (nSPS) is 18.0. The van der Waals surface area contributed by atoms with Gasteiger partial charge in [0.25, 0.3) is 0 Å². The van der Waals surface area contributed by atoms with Gasteiger partial charge in [-0.25, -0.2) is 18.7 Å². The van der Waals surface area contributed by atoms with Crippen LogP contribution in [0.25, 0.3) is 0 Å². The van der Waals surface area contributed by atoms with E-state index in [-0.39, 0.29) is 5.82 Å². The van der Waals surface area contributed by atoms with Gasteiger partial charge in [-0.2, -0.15) is 19.7 Å². The number of aliphatic hydroxyl groups is 2. The SMILES string of the molecule is C[C@H](O)[C@@H](O[C@@H](CO)COP(=O)(O)O[C@@](C(=O)O)(c1ccccc1)[P+](O)(O)O)n1ccc(N)nc1=O. The number of carboxylic acids is 1. The molecule has 200 valence electrons. The Morgan fingerprint density at radius 1 is 1.25 bits per heavy atom. The van der Waals surface area contributed by atoms with Gasteiger partial charge in [0.2, 0.25) is 0 Å². The molecule has 0 aliphatic carbocycles. The molecule has 0 spiro atoms. The number of rotatable bonds is 13. The molecule has 9 N–H and O–H groups in total. The second-order valence-corrected chi connectivity index (χ2v) is 10.5. The quantitative estimate of drug-likeness (QED) is 0.136. The summed E-state index contributed by atoms with van der Waals surface area (Å²) in [5.74, 6) is -2.33. The number of hydrogen-bond donors (Lipinski definition) is 8. The van der Waals surface area contributed by atoms with Crippen LogP contribution in [0.15, 0.2) is 47.4 Å². The van der Waals surface area contributed by atoms with Crippen LogP contribution in [-0.4, -0.2) is 75.8 Å². The molecule has 0 saturated carbocycles. The van der Waals surface area contributed by atoms with Crippen molar-refractivity contribution in [3.8, 4) is 0 Å². The van der Waals surface area contributed by atoms with E-state index in [2.05, 4.69) is 9.51 Å². The molecule has 36 heavy (non-hydrogen) atoms. The summed E-state index contributed by atoms with van der Waals surface area (Å²) < 4.78 is 28.2. The number of anilines is 1. The summed E-state index contributed by atoms with van der Waals surface area (Å²) in [5, 5.41) is 25.8. The molecule has 0 aliphatic heterocycles. The van der Waals surface area contributed by atoms with Crippen molar-refractivity contribution in [1.29, 1.82) is 0 Å². The van der Waals surface area contributed by atoms with Crippen LogP contribution in [0, 0.1) is 0 Å². The first kappa shape index (κ1) is 29.9. The van der Waals surface area contributed by atoms with Crippen LogP contribution in [0.5, 0.6) is 0 Å². The summed E-state index contributed by atoms with van der Waals surface area (Å²) in [7, 11) is -11.1. The van der Waals surface area contributed by atoms with Crippen LogP contribution < -0.4 is 11.4 Å². The lowest BCUT2D eigenvalue weighted by Crippen LogP contribution is -2.41. The zero-order chi connectivity index (χ0) is 27.3. The Labute approximate surface area is 204 Å². The average Bonchev–Trinajstić information content (AvgIpc) is 2.77. The fourth-order valence-electron chi connectivity index (χ4n) is 2.97. The van der Waals surface area contributed by atoms with Crippen molar-refractivity contribution < 1.29 is 58.0 Å². The molecule has 16 nitrogen and oxygen atoms in total. The molecule has 0 amide bonds. The molecule has 5 atom stereocenters. The smallest absolute Gasteiger partial charge is 0.476 e. The highest BCUT2D eigenvalue weighted by atomic mass is 31.2. The third-order valence-corrected chi connectivity index (χ3v) is 7.13. The lowest BCUT2D eigenvalue weighted by molar-refractivity contribution is -0.153. The van der Waals surface area contributed by atoms with Crippen LogP contribution in [0.2, 0.25) is 0 Å². The Bertz CT molecular complexity index is 1140. The molecular weight excluding hydrogens is 528 g/mol. The lowest BCUT2D eigenvalue weighted by atomic mass is 10.1. The first-order valence-corrected chi connectivity index (χ1v) is 13.1. The highest BCUT2D eigenvalue weighted by Crippen LogP contribution is 2.69. The Balaban J connectivity index is 2.28. The van der Waals surface area contributed by atoms with E-state index in [9.17, 15) is 49.0 Å². The van der Waals surface area contributed by atoms with Gasteiger partial charge in [-0.15, -0.1) is 0 Å². The Hall–Kier alpha value is -2.33. The number of aliphatic carboxylic acids is 1. The zero-order valence-corrected chi connectivity index (χ0v) is 20.4. The summed E-state index contributed by atoms with van der Waals surface area (Å²) in [6.07, 6.45) is -3.21. The number of aromatic nitrogens is 2. The molecule has 2 aromatic rings. The second-order valence-electron chi connectivity index (χ2n) is 7.35. The van der Waals surface area contributed by atoms with Crippen LogP contribution >= 0.6 is 15.8 Å². The van der Waals surface area contributed by atoms with Crippen molar-refractivity contribution in [1.82, 2.24) is 9.55 Å². The van der Waals surface area contributed by atoms with Gasteiger partial charge in [0.15, 0.2) is 6.23 Å². The molecule has 0 fully saturated rings. The van der Waals surface area contributed by atoms with E-state index in [4.69, 9.17) is 15.0 Å². The minimum Gasteiger partial charge on any atom is -0.476 e. The maximum Gasteiger partial charge on any atom is 0.476 e. The van der Waals surface area contributed by atoms with E-state index in [1.165, 1.54) is 31.2 Å². The number of nitrogens with zero attached hydrogens (tertiary/aromatic N) is 2. The van der Waals surface area contributed by atoms with Gasteiger partial charge in [0.1, 0.15) is 11.9 Å². The third-order valence-electron chi connectivity index (χ3n) is 4.62. The molecule has 0 bridgehead atoms. The third kappa shape index (κ3) is 6.91. The van der Waals surface area contributed by atoms with E-state index in [1.807, 2.05) is 0 Å². The Kier molecular flexibility index (Phi) is 9.81. The molecule has 2 rings (SSSR count). The number of nitrogen functional groups attached to an aromatic ring is 1. The second kappa shape index (κ2) is 11.8. The predicted molar refractivity (Wildman–Crippen MR) is 122 cm³/mol. The van der Waals surface area contributed by atoms with Crippen LogP contribution in [0.4, 0.5) is 5.82 Å². The molecule has 0 aliphatic rings. The molecule has 1 aromatic carbocycles. The van der Waals surface area contributed by atoms with E-state index in [0.717, 1.165) is 22.9 Å². The number of nitrogens with two attached hydrogens (primary N) is 1. The van der Waals surface area contributed by atoms with Gasteiger partial charge in [-0.1, -0.05) is 30.3 Å². The van der Waals surface area contributed by atoms with Gasteiger partial charge in [0, 0.05) is 11.8 Å². The highest BCUT2D eigenvalue weighted by molar-refractivity contribution is 7.61. The topological polar surface area (TPSA) is 264 Å². The lowest BCUT2D eigenvalue weighted by Gasteiger charge is -2.30. The fraction of sp³-hybridized carbons (Fsp3) is 0.389. The van der Waals surface area contributed by atoms with Crippen molar-refractivity contribution in [2.45, 2.75) is 30.7 Å². The van der Waals surface area contributed by atoms with Crippen molar-refractivity contribution in [3.63, 3.8) is 0 Å². The van der Waals surface area contributed by atoms with Crippen LogP contribution in [0.3, 0.4) is 0 Å². The van der Waals surface area contributed by atoms with E-state index in [0.29, 0.717) is 0 Å². The number of hydrogen-bond acceptors (Lipinski definition) is 13. The van der Waals surface area contributed by atoms with E-state index >= 15 is 0 Å². The molecule has 0 radical (unpaired) electrons. The molecule has 1 heterocycles. The fourth-order valence-corrected chi connectivity index (χ4v) is 5.39. The summed E-state index contributed by atoms with van der Waals surface area (Å²) in [6.45, 7) is -0.639. The van der Waals surface area contributed by atoms with E-state index in [1.54, 1.807) is 0 Å². The van der Waals surface area contributed by atoms with Crippen molar-refractivity contribution in [2.75, 3.05) is 18.9 Å². The first-order valence-electron chi connectivity index (χ1n) is 9.98. The number of ether oxygens (including phenoxy) is 1. The molecule has 0 saturated heterocycles. The standard InChI is InChI=1S/C18H25N3O13P2/c1-11(23)15(21-8-7-14(19)20-17(21)26)33-13(9-22)10-32-36(30,31)34-18(16(24)25,35(27,28)29)12-5-3-2-4-6-12/h2-8,11,13,15,22-23,27-29H,9-10H2,1H3,(H3-,19,20,24,25,26,30,31)/p+1/t11-,13-,15+,18-/m0/s1. The molecule has 18 heteroatoms. The van der Waals surface area contributed by atoms with Crippen molar-refractivity contribution >= 4 is 27.6 Å². The highest BCUT2D eigenvalue weighted by Gasteiger charge is 2.71. The Morgan fingerprint density at radius 3 is 2.33 bits per heavy atom. The van der Waals surface area contributed by atoms with Crippen LogP contribution in [-0.2, 0) is 28.5 Å². The largest absolute Gasteiger partial charge is 0.476 e. The Morgan fingerprint density at radius 2 is 1.86 bits per heavy atom. The van der Waals surface area contributed by atoms with Gasteiger partial charge in [0.05, 0.1) is 19.3 Å². The van der Waals surface area contributed by atoms with Crippen molar-refractivity contribution in [2.24, 2.45) is 0 Å². The monoisotopic (exact) mass is 554 g/mol. The zero-order valence-electron chi connectivity index (χ0n) is 18.6. The summed E-state index contributed by atoms with van der Waals surface area (Å²) >= 11 is 0. The number of carboxylic acid groups (broad SMARTS) is 1. The van der Waals surface area contributed by atoms with Gasteiger partial charge in [-0.3, -0.25) is 9.09 Å². The summed E-state index contributed by atoms with van der Waals surface area (Å²) in [5.41, 5.74) is 3.91. The van der Waals surface area contributed by atoms with E-state index < -0.39 is 70.0 Å². The number of phosphoric ester groups is 1. The van der Waals surface area contributed by atoms with Gasteiger partial charge >= 0.3 is 32.8 Å². The number of carbonyl (C=O) groups is 1. The predicted octanol–water partition coefficient (Wildman–Crippen LogP) is -1.11. The summed E-state index contributed by atoms with van der Waals surface area (Å²) in [6, 6.07) is 7.13. The van der Waals surface area contributed by atoms with Crippen LogP contribution in [0.1, 0.15) is 18.7 Å².